The second-order valence-electron chi connectivity index (χ2n) is 3.76. The molecule has 0 spiro atoms. The summed E-state index contributed by atoms with van der Waals surface area (Å²) in [5.41, 5.74) is 0.0702. The molecule has 0 bridgehead atoms. The molecule has 0 amide bonds. The van der Waals surface area contributed by atoms with Gasteiger partial charge in [-0.25, -0.2) is 0 Å². The number of hydrogen-bond donors (Lipinski definition) is 1. The van der Waals surface area contributed by atoms with Gasteiger partial charge in [0.05, 0.1) is 6.54 Å². The van der Waals surface area contributed by atoms with Gasteiger partial charge in [0.1, 0.15) is 0 Å². The lowest BCUT2D eigenvalue weighted by Gasteiger charge is -2.20. The Hall–Kier alpha value is -0.960. The third kappa shape index (κ3) is 3.59. The Morgan fingerprint density at radius 1 is 1.27 bits per heavy atom. The van der Waals surface area contributed by atoms with E-state index in [1.807, 2.05) is 13.8 Å². The Bertz CT molecular complexity index is 285. The number of halogens is 2. The molecule has 0 aliphatic rings. The highest BCUT2D eigenvalue weighted by molar-refractivity contribution is 5.20. The first-order valence-electron chi connectivity index (χ1n) is 5.23. The summed E-state index contributed by atoms with van der Waals surface area (Å²) < 4.78 is 27.2. The van der Waals surface area contributed by atoms with Crippen LogP contribution in [0.1, 0.15) is 25.8 Å². The molecule has 0 aliphatic carbocycles. The van der Waals surface area contributed by atoms with Gasteiger partial charge in [-0.2, -0.15) is 8.78 Å². The number of nitrogens with one attached hydrogen (secondary N) is 1. The van der Waals surface area contributed by atoms with Crippen molar-refractivity contribution >= 4 is 0 Å². The average Bonchev–Trinajstić information content (AvgIpc) is 2.27. The number of hydrogen-bond acceptors (Lipinski definition) is 1. The Kier molecular flexibility index (Phi) is 4.21. The van der Waals surface area contributed by atoms with Crippen molar-refractivity contribution in [3.05, 3.63) is 35.9 Å². The zero-order valence-electron chi connectivity index (χ0n) is 9.13. The van der Waals surface area contributed by atoms with E-state index in [-0.39, 0.29) is 18.2 Å². The molecule has 84 valence electrons. The van der Waals surface area contributed by atoms with Gasteiger partial charge in [0.15, 0.2) is 0 Å². The van der Waals surface area contributed by atoms with E-state index in [2.05, 4.69) is 5.32 Å². The number of alkyl halides is 2. The average molecular weight is 213 g/mol. The van der Waals surface area contributed by atoms with Crippen LogP contribution in [0.4, 0.5) is 8.78 Å². The normalized spacial score (nSPS) is 13.9. The van der Waals surface area contributed by atoms with Gasteiger partial charge in [0.2, 0.25) is 0 Å². The Labute approximate surface area is 89.5 Å². The van der Waals surface area contributed by atoms with E-state index in [1.54, 1.807) is 18.2 Å². The van der Waals surface area contributed by atoms with Crippen LogP contribution in [-0.4, -0.2) is 12.6 Å². The van der Waals surface area contributed by atoms with Crippen LogP contribution in [0.3, 0.4) is 0 Å². The molecule has 1 N–H and O–H groups in total. The molecule has 1 unspecified atom stereocenters. The van der Waals surface area contributed by atoms with E-state index in [4.69, 9.17) is 0 Å². The number of benzene rings is 1. The molecular weight excluding hydrogens is 196 g/mol. The third-order valence-corrected chi connectivity index (χ3v) is 2.48. The molecule has 1 aromatic carbocycles. The smallest absolute Gasteiger partial charge is 0.285 e. The molecule has 0 saturated carbocycles. The highest BCUT2D eigenvalue weighted by Gasteiger charge is 2.30. The van der Waals surface area contributed by atoms with E-state index in [0.717, 1.165) is 6.42 Å². The summed E-state index contributed by atoms with van der Waals surface area (Å²) in [6, 6.07) is 8.04. The van der Waals surface area contributed by atoms with Crippen LogP contribution < -0.4 is 5.32 Å². The molecule has 0 aromatic heterocycles. The SMILES string of the molecule is CCC(C)NCC(F)(F)c1ccccc1. The fourth-order valence-corrected chi connectivity index (χ4v) is 1.23. The van der Waals surface area contributed by atoms with Crippen molar-refractivity contribution < 1.29 is 8.78 Å². The summed E-state index contributed by atoms with van der Waals surface area (Å²) in [6.07, 6.45) is 0.852. The Morgan fingerprint density at radius 2 is 1.87 bits per heavy atom. The van der Waals surface area contributed by atoms with E-state index in [0.29, 0.717) is 0 Å². The summed E-state index contributed by atoms with van der Waals surface area (Å²) in [5, 5.41) is 2.82. The topological polar surface area (TPSA) is 12.0 Å². The van der Waals surface area contributed by atoms with Gasteiger partial charge >= 0.3 is 0 Å². The number of rotatable bonds is 5. The van der Waals surface area contributed by atoms with Crippen LogP contribution in [0.5, 0.6) is 0 Å². The lowest BCUT2D eigenvalue weighted by atomic mass is 10.1. The quantitative estimate of drug-likeness (QED) is 0.792. The minimum atomic E-state index is -2.79. The molecule has 1 rings (SSSR count). The van der Waals surface area contributed by atoms with Crippen molar-refractivity contribution in [2.45, 2.75) is 32.2 Å². The maximum absolute atomic E-state index is 13.6. The van der Waals surface area contributed by atoms with Gasteiger partial charge in [-0.15, -0.1) is 0 Å². The zero-order valence-corrected chi connectivity index (χ0v) is 9.13. The van der Waals surface area contributed by atoms with Crippen molar-refractivity contribution in [3.8, 4) is 0 Å². The van der Waals surface area contributed by atoms with Crippen molar-refractivity contribution in [1.29, 1.82) is 0 Å². The minimum absolute atomic E-state index is 0.0702. The van der Waals surface area contributed by atoms with Gasteiger partial charge in [0, 0.05) is 11.6 Å². The fraction of sp³-hybridized carbons (Fsp3) is 0.500. The summed E-state index contributed by atoms with van der Waals surface area (Å²) in [6.45, 7) is 3.57. The zero-order chi connectivity index (χ0) is 11.3. The van der Waals surface area contributed by atoms with Gasteiger partial charge in [-0.1, -0.05) is 37.3 Å². The monoisotopic (exact) mass is 213 g/mol. The van der Waals surface area contributed by atoms with Crippen molar-refractivity contribution in [2.24, 2.45) is 0 Å². The highest BCUT2D eigenvalue weighted by atomic mass is 19.3. The summed E-state index contributed by atoms with van der Waals surface area (Å²) >= 11 is 0. The molecule has 1 aromatic rings. The summed E-state index contributed by atoms with van der Waals surface area (Å²) in [7, 11) is 0. The predicted molar refractivity (Wildman–Crippen MR) is 58.1 cm³/mol. The second-order valence-corrected chi connectivity index (χ2v) is 3.76. The molecule has 1 atom stereocenters. The molecule has 0 aliphatic heterocycles. The highest BCUT2D eigenvalue weighted by Crippen LogP contribution is 2.26. The fourth-order valence-electron chi connectivity index (χ4n) is 1.23. The summed E-state index contributed by atoms with van der Waals surface area (Å²) in [5.74, 6) is -2.79. The summed E-state index contributed by atoms with van der Waals surface area (Å²) in [4.78, 5) is 0. The Morgan fingerprint density at radius 3 is 2.40 bits per heavy atom. The van der Waals surface area contributed by atoms with Crippen LogP contribution in [0.25, 0.3) is 0 Å². The molecule has 15 heavy (non-hydrogen) atoms. The molecule has 1 nitrogen and oxygen atoms in total. The predicted octanol–water partition coefficient (Wildman–Crippen LogP) is 3.17. The van der Waals surface area contributed by atoms with Crippen LogP contribution >= 0.6 is 0 Å². The van der Waals surface area contributed by atoms with Gasteiger partial charge in [-0.3, -0.25) is 0 Å². The first kappa shape index (κ1) is 12.1. The van der Waals surface area contributed by atoms with Crippen LogP contribution in [0.15, 0.2) is 30.3 Å². The molecule has 0 fully saturated rings. The first-order chi connectivity index (χ1) is 7.06. The Balaban J connectivity index is 2.59. The molecule has 0 heterocycles. The van der Waals surface area contributed by atoms with Crippen molar-refractivity contribution in [1.82, 2.24) is 5.32 Å². The first-order valence-corrected chi connectivity index (χ1v) is 5.23. The largest absolute Gasteiger partial charge is 0.308 e. The van der Waals surface area contributed by atoms with E-state index >= 15 is 0 Å². The lowest BCUT2D eigenvalue weighted by molar-refractivity contribution is -0.00535. The molecular formula is C12H17F2N. The van der Waals surface area contributed by atoms with Crippen molar-refractivity contribution in [2.75, 3.05) is 6.54 Å². The molecule has 3 heteroatoms. The van der Waals surface area contributed by atoms with E-state index < -0.39 is 5.92 Å². The van der Waals surface area contributed by atoms with Crippen LogP contribution in [-0.2, 0) is 5.92 Å². The van der Waals surface area contributed by atoms with Gasteiger partial charge < -0.3 is 5.32 Å². The third-order valence-electron chi connectivity index (χ3n) is 2.48. The van der Waals surface area contributed by atoms with E-state index in [1.165, 1.54) is 12.1 Å². The minimum Gasteiger partial charge on any atom is -0.308 e. The molecule has 0 radical (unpaired) electrons. The maximum Gasteiger partial charge on any atom is 0.285 e. The van der Waals surface area contributed by atoms with E-state index in [9.17, 15) is 8.78 Å². The molecule has 0 saturated heterocycles. The van der Waals surface area contributed by atoms with Crippen LogP contribution in [0, 0.1) is 0 Å². The van der Waals surface area contributed by atoms with Crippen molar-refractivity contribution in [3.63, 3.8) is 0 Å². The maximum atomic E-state index is 13.6. The second kappa shape index (κ2) is 5.21. The standard InChI is InChI=1S/C12H17F2N/c1-3-10(2)15-9-12(13,14)11-7-5-4-6-8-11/h4-8,10,15H,3,9H2,1-2H3. The van der Waals surface area contributed by atoms with Gasteiger partial charge in [0.25, 0.3) is 5.92 Å². The lowest BCUT2D eigenvalue weighted by Crippen LogP contribution is -2.36. The van der Waals surface area contributed by atoms with Gasteiger partial charge in [-0.05, 0) is 13.3 Å². The van der Waals surface area contributed by atoms with Crippen LogP contribution in [0.2, 0.25) is 0 Å².